The van der Waals surface area contributed by atoms with Crippen LogP contribution in [0, 0.1) is 5.92 Å². The van der Waals surface area contributed by atoms with Crippen molar-refractivity contribution in [1.82, 2.24) is 30.2 Å². The summed E-state index contributed by atoms with van der Waals surface area (Å²) < 4.78 is 1.84. The van der Waals surface area contributed by atoms with E-state index in [4.69, 9.17) is 0 Å². The molecule has 0 saturated carbocycles. The van der Waals surface area contributed by atoms with Crippen LogP contribution in [0.1, 0.15) is 18.5 Å². The Hall–Kier alpha value is -2.16. The van der Waals surface area contributed by atoms with E-state index >= 15 is 0 Å². The standard InChI is InChI=1S/C15H23N7OS/c1-20(2)15-18-13(11-24-15)8-16-14(23)21-6-3-4-12(9-21)10-22-7-5-17-19-22/h5,7,11-12H,3-4,6,8-10H2,1-2H3,(H,16,23). The van der Waals surface area contributed by atoms with E-state index in [0.29, 0.717) is 12.5 Å². The van der Waals surface area contributed by atoms with Crippen molar-refractivity contribution in [2.24, 2.45) is 5.92 Å². The number of carbonyl (C=O) groups is 1. The normalized spacial score (nSPS) is 17.8. The van der Waals surface area contributed by atoms with E-state index in [1.54, 1.807) is 17.5 Å². The van der Waals surface area contributed by atoms with Gasteiger partial charge >= 0.3 is 6.03 Å². The maximum atomic E-state index is 12.4. The van der Waals surface area contributed by atoms with Gasteiger partial charge in [0, 0.05) is 45.3 Å². The second-order valence-corrected chi connectivity index (χ2v) is 7.09. The number of rotatable bonds is 5. The van der Waals surface area contributed by atoms with Gasteiger partial charge in [0.1, 0.15) is 0 Å². The number of aromatic nitrogens is 4. The number of amides is 2. The highest BCUT2D eigenvalue weighted by Gasteiger charge is 2.24. The summed E-state index contributed by atoms with van der Waals surface area (Å²) in [4.78, 5) is 20.8. The van der Waals surface area contributed by atoms with E-state index in [1.165, 1.54) is 0 Å². The number of urea groups is 1. The van der Waals surface area contributed by atoms with Crippen LogP contribution in [0.5, 0.6) is 0 Å². The van der Waals surface area contributed by atoms with Crippen molar-refractivity contribution in [3.8, 4) is 0 Å². The third-order valence-corrected chi connectivity index (χ3v) is 5.12. The Morgan fingerprint density at radius 3 is 3.08 bits per heavy atom. The van der Waals surface area contributed by atoms with Crippen LogP contribution < -0.4 is 10.2 Å². The summed E-state index contributed by atoms with van der Waals surface area (Å²) in [6.45, 7) is 2.83. The summed E-state index contributed by atoms with van der Waals surface area (Å²) >= 11 is 1.58. The van der Waals surface area contributed by atoms with Crippen molar-refractivity contribution in [2.75, 3.05) is 32.1 Å². The predicted molar refractivity (Wildman–Crippen MR) is 93.0 cm³/mol. The summed E-state index contributed by atoms with van der Waals surface area (Å²) in [6.07, 6.45) is 5.68. The topological polar surface area (TPSA) is 79.2 Å². The Morgan fingerprint density at radius 2 is 2.38 bits per heavy atom. The number of nitrogens with one attached hydrogen (secondary N) is 1. The molecule has 0 aliphatic carbocycles. The van der Waals surface area contributed by atoms with Gasteiger partial charge in [0.15, 0.2) is 5.13 Å². The smallest absolute Gasteiger partial charge is 0.317 e. The fourth-order valence-electron chi connectivity index (χ4n) is 2.85. The van der Waals surface area contributed by atoms with E-state index in [1.807, 2.05) is 40.2 Å². The number of piperidine rings is 1. The Morgan fingerprint density at radius 1 is 1.50 bits per heavy atom. The van der Waals surface area contributed by atoms with Crippen LogP contribution >= 0.6 is 11.3 Å². The lowest BCUT2D eigenvalue weighted by atomic mass is 9.98. The quantitative estimate of drug-likeness (QED) is 0.883. The summed E-state index contributed by atoms with van der Waals surface area (Å²) in [5.41, 5.74) is 0.897. The molecule has 2 aromatic rings. The lowest BCUT2D eigenvalue weighted by Crippen LogP contribution is -2.46. The minimum absolute atomic E-state index is 0.0160. The lowest BCUT2D eigenvalue weighted by Gasteiger charge is -2.32. The van der Waals surface area contributed by atoms with Gasteiger partial charge in [-0.3, -0.25) is 4.68 Å². The first-order valence-electron chi connectivity index (χ1n) is 8.10. The molecule has 9 heteroatoms. The minimum atomic E-state index is -0.0160. The Kier molecular flexibility index (Phi) is 5.29. The highest BCUT2D eigenvalue weighted by Crippen LogP contribution is 2.19. The van der Waals surface area contributed by atoms with Gasteiger partial charge in [0.05, 0.1) is 18.4 Å². The van der Waals surface area contributed by atoms with Crippen molar-refractivity contribution in [3.63, 3.8) is 0 Å². The SMILES string of the molecule is CN(C)c1nc(CNC(=O)N2CCCC(Cn3ccnn3)C2)cs1. The van der Waals surface area contributed by atoms with Gasteiger partial charge in [-0.1, -0.05) is 5.21 Å². The zero-order chi connectivity index (χ0) is 16.9. The van der Waals surface area contributed by atoms with Gasteiger partial charge in [-0.15, -0.1) is 16.4 Å². The van der Waals surface area contributed by atoms with Gasteiger partial charge in [-0.2, -0.15) is 0 Å². The van der Waals surface area contributed by atoms with Crippen LogP contribution in [0.4, 0.5) is 9.93 Å². The molecule has 1 aliphatic rings. The second-order valence-electron chi connectivity index (χ2n) is 6.25. The number of carbonyl (C=O) groups excluding carboxylic acids is 1. The van der Waals surface area contributed by atoms with Crippen molar-refractivity contribution in [2.45, 2.75) is 25.9 Å². The number of likely N-dealkylation sites (tertiary alicyclic amines) is 1. The predicted octanol–water partition coefficient (Wildman–Crippen LogP) is 1.42. The second kappa shape index (κ2) is 7.61. The van der Waals surface area contributed by atoms with Crippen molar-refractivity contribution >= 4 is 22.5 Å². The van der Waals surface area contributed by atoms with Gasteiger partial charge in [-0.25, -0.2) is 9.78 Å². The zero-order valence-corrected chi connectivity index (χ0v) is 14.9. The Labute approximate surface area is 145 Å². The molecule has 1 fully saturated rings. The Balaban J connectivity index is 1.48. The van der Waals surface area contributed by atoms with Gasteiger partial charge < -0.3 is 15.1 Å². The largest absolute Gasteiger partial charge is 0.354 e. The first kappa shape index (κ1) is 16.7. The molecule has 2 aromatic heterocycles. The molecule has 3 rings (SSSR count). The van der Waals surface area contributed by atoms with Gasteiger partial charge in [0.2, 0.25) is 0 Å². The lowest BCUT2D eigenvalue weighted by molar-refractivity contribution is 0.157. The molecule has 130 valence electrons. The fraction of sp³-hybridized carbons (Fsp3) is 0.600. The Bertz CT molecular complexity index is 655. The number of thiazole rings is 1. The van der Waals surface area contributed by atoms with E-state index in [0.717, 1.165) is 43.3 Å². The maximum Gasteiger partial charge on any atom is 0.317 e. The van der Waals surface area contributed by atoms with Crippen molar-refractivity contribution in [1.29, 1.82) is 0 Å². The van der Waals surface area contributed by atoms with Crippen LogP contribution in [0.15, 0.2) is 17.8 Å². The van der Waals surface area contributed by atoms with Gasteiger partial charge in [-0.05, 0) is 18.8 Å². The summed E-state index contributed by atoms with van der Waals surface area (Å²) in [7, 11) is 3.92. The first-order chi connectivity index (χ1) is 11.6. The molecule has 0 radical (unpaired) electrons. The molecule has 1 atom stereocenters. The first-order valence-corrected chi connectivity index (χ1v) is 8.98. The molecule has 3 heterocycles. The third-order valence-electron chi connectivity index (χ3n) is 4.07. The highest BCUT2D eigenvalue weighted by molar-refractivity contribution is 7.13. The van der Waals surface area contributed by atoms with E-state index in [-0.39, 0.29) is 6.03 Å². The maximum absolute atomic E-state index is 12.4. The molecule has 8 nitrogen and oxygen atoms in total. The van der Waals surface area contributed by atoms with Crippen LogP contribution in [0.2, 0.25) is 0 Å². The summed E-state index contributed by atoms with van der Waals surface area (Å²) in [6, 6.07) is -0.0160. The molecule has 1 aliphatic heterocycles. The number of nitrogens with zero attached hydrogens (tertiary/aromatic N) is 6. The molecule has 0 aromatic carbocycles. The highest BCUT2D eigenvalue weighted by atomic mass is 32.1. The summed E-state index contributed by atoms with van der Waals surface area (Å²) in [5.74, 6) is 0.422. The summed E-state index contributed by atoms with van der Waals surface area (Å²) in [5, 5.41) is 13.8. The average molecular weight is 349 g/mol. The zero-order valence-electron chi connectivity index (χ0n) is 14.1. The molecule has 1 saturated heterocycles. The molecule has 2 amide bonds. The molecule has 0 spiro atoms. The number of hydrogen-bond acceptors (Lipinski definition) is 6. The number of anilines is 1. The van der Waals surface area contributed by atoms with Crippen molar-refractivity contribution < 1.29 is 4.79 Å². The minimum Gasteiger partial charge on any atom is -0.354 e. The third kappa shape index (κ3) is 4.22. The average Bonchev–Trinajstić information content (AvgIpc) is 3.24. The van der Waals surface area contributed by atoms with Crippen LogP contribution in [-0.4, -0.2) is 58.1 Å². The fourth-order valence-corrected chi connectivity index (χ4v) is 3.61. The van der Waals surface area contributed by atoms with Gasteiger partial charge in [0.25, 0.3) is 0 Å². The van der Waals surface area contributed by atoms with E-state index in [9.17, 15) is 4.79 Å². The molecular weight excluding hydrogens is 326 g/mol. The van der Waals surface area contributed by atoms with Crippen LogP contribution in [-0.2, 0) is 13.1 Å². The molecular formula is C15H23N7OS. The van der Waals surface area contributed by atoms with Crippen LogP contribution in [0.25, 0.3) is 0 Å². The van der Waals surface area contributed by atoms with Crippen LogP contribution in [0.3, 0.4) is 0 Å². The molecule has 0 bridgehead atoms. The molecule has 24 heavy (non-hydrogen) atoms. The van der Waals surface area contributed by atoms with E-state index in [2.05, 4.69) is 20.6 Å². The van der Waals surface area contributed by atoms with E-state index < -0.39 is 0 Å². The monoisotopic (exact) mass is 349 g/mol. The van der Waals surface area contributed by atoms with Crippen molar-refractivity contribution in [3.05, 3.63) is 23.5 Å². The molecule has 1 unspecified atom stereocenters. The number of hydrogen-bond donors (Lipinski definition) is 1. The molecule has 1 N–H and O–H groups in total.